The molecule has 0 aliphatic carbocycles. The molecule has 3 heteroatoms. The van der Waals surface area contributed by atoms with Gasteiger partial charge in [0.15, 0.2) is 0 Å². The Labute approximate surface area is 85.8 Å². The number of piperidine rings is 1. The molecule has 2 saturated heterocycles. The third-order valence-electron chi connectivity index (χ3n) is 3.34. The molecule has 2 rings (SSSR count). The summed E-state index contributed by atoms with van der Waals surface area (Å²) in [5, 5.41) is 3.14. The van der Waals surface area contributed by atoms with Crippen LogP contribution in [0.1, 0.15) is 26.7 Å². The zero-order valence-electron chi connectivity index (χ0n) is 9.12. The molecule has 0 aromatic rings. The van der Waals surface area contributed by atoms with E-state index in [0.29, 0.717) is 6.04 Å². The van der Waals surface area contributed by atoms with E-state index in [4.69, 9.17) is 0 Å². The summed E-state index contributed by atoms with van der Waals surface area (Å²) in [4.78, 5) is 14.0. The molecule has 80 valence electrons. The van der Waals surface area contributed by atoms with Gasteiger partial charge in [0.05, 0.1) is 0 Å². The summed E-state index contributed by atoms with van der Waals surface area (Å²) in [5.41, 5.74) is 0. The molecule has 3 atom stereocenters. The lowest BCUT2D eigenvalue weighted by molar-refractivity contribution is -0.125. The number of carbonyl (C=O) groups excluding carboxylic acids is 1. The van der Waals surface area contributed by atoms with Crippen molar-refractivity contribution in [1.82, 2.24) is 10.2 Å². The number of nitrogens with zero attached hydrogens (tertiary/aromatic N) is 1. The number of nitrogens with one attached hydrogen (secondary N) is 1. The van der Waals surface area contributed by atoms with Crippen LogP contribution in [0.2, 0.25) is 0 Å². The first-order valence-electron chi connectivity index (χ1n) is 5.68. The second-order valence-electron chi connectivity index (χ2n) is 5.01. The van der Waals surface area contributed by atoms with Crippen molar-refractivity contribution in [3.8, 4) is 0 Å². The van der Waals surface area contributed by atoms with Gasteiger partial charge in [-0.1, -0.05) is 13.8 Å². The van der Waals surface area contributed by atoms with E-state index in [0.717, 1.165) is 12.5 Å². The average molecular weight is 196 g/mol. The van der Waals surface area contributed by atoms with Gasteiger partial charge in [0.1, 0.15) is 0 Å². The molecule has 2 unspecified atom stereocenters. The molecule has 2 bridgehead atoms. The summed E-state index contributed by atoms with van der Waals surface area (Å²) >= 11 is 0. The summed E-state index contributed by atoms with van der Waals surface area (Å²) in [6.07, 6.45) is 2.52. The van der Waals surface area contributed by atoms with Gasteiger partial charge < -0.3 is 10.2 Å². The van der Waals surface area contributed by atoms with Gasteiger partial charge >= 0.3 is 0 Å². The molecule has 0 radical (unpaired) electrons. The van der Waals surface area contributed by atoms with Crippen LogP contribution in [-0.4, -0.2) is 36.5 Å². The van der Waals surface area contributed by atoms with Gasteiger partial charge in [0, 0.05) is 25.0 Å². The first-order valence-corrected chi connectivity index (χ1v) is 5.68. The summed E-state index contributed by atoms with van der Waals surface area (Å²) < 4.78 is 0. The Kier molecular flexibility index (Phi) is 2.77. The second kappa shape index (κ2) is 3.89. The van der Waals surface area contributed by atoms with Crippen molar-refractivity contribution in [2.24, 2.45) is 11.8 Å². The molecule has 14 heavy (non-hydrogen) atoms. The van der Waals surface area contributed by atoms with E-state index >= 15 is 0 Å². The molecule has 0 aromatic carbocycles. The van der Waals surface area contributed by atoms with Gasteiger partial charge in [0.2, 0.25) is 5.91 Å². The molecule has 3 nitrogen and oxygen atoms in total. The monoisotopic (exact) mass is 196 g/mol. The summed E-state index contributed by atoms with van der Waals surface area (Å²) in [6.45, 7) is 7.46. The topological polar surface area (TPSA) is 32.3 Å². The molecule has 2 aliphatic rings. The van der Waals surface area contributed by atoms with Crippen molar-refractivity contribution in [1.29, 1.82) is 0 Å². The van der Waals surface area contributed by atoms with Crippen LogP contribution in [0.3, 0.4) is 0 Å². The van der Waals surface area contributed by atoms with E-state index in [1.807, 2.05) is 13.8 Å². The maximum atomic E-state index is 11.5. The van der Waals surface area contributed by atoms with Crippen molar-refractivity contribution in [2.45, 2.75) is 32.7 Å². The van der Waals surface area contributed by atoms with Gasteiger partial charge in [0.25, 0.3) is 0 Å². The third-order valence-corrected chi connectivity index (χ3v) is 3.34. The lowest BCUT2D eigenvalue weighted by Gasteiger charge is -2.30. The summed E-state index contributed by atoms with van der Waals surface area (Å²) in [5.74, 6) is 1.16. The van der Waals surface area contributed by atoms with E-state index in [2.05, 4.69) is 10.2 Å². The molecule has 2 fully saturated rings. The van der Waals surface area contributed by atoms with E-state index in [-0.39, 0.29) is 11.8 Å². The predicted octanol–water partition coefficient (Wildman–Crippen LogP) is 0.853. The van der Waals surface area contributed by atoms with Crippen LogP contribution in [0, 0.1) is 11.8 Å². The summed E-state index contributed by atoms with van der Waals surface area (Å²) in [7, 11) is 0. The van der Waals surface area contributed by atoms with Crippen molar-refractivity contribution >= 4 is 5.91 Å². The number of amides is 1. The highest BCUT2D eigenvalue weighted by molar-refractivity contribution is 5.78. The van der Waals surface area contributed by atoms with Gasteiger partial charge in [-0.05, 0) is 25.3 Å². The van der Waals surface area contributed by atoms with Crippen molar-refractivity contribution in [3.63, 3.8) is 0 Å². The quantitative estimate of drug-likeness (QED) is 0.710. The molecule has 0 spiro atoms. The Morgan fingerprint density at radius 1 is 1.43 bits per heavy atom. The Morgan fingerprint density at radius 2 is 2.21 bits per heavy atom. The molecular weight excluding hydrogens is 176 g/mol. The van der Waals surface area contributed by atoms with Crippen molar-refractivity contribution in [2.75, 3.05) is 19.6 Å². The zero-order chi connectivity index (χ0) is 10.1. The Hall–Kier alpha value is -0.570. The van der Waals surface area contributed by atoms with E-state index in [1.165, 1.54) is 25.9 Å². The van der Waals surface area contributed by atoms with Crippen molar-refractivity contribution < 1.29 is 4.79 Å². The molecule has 2 heterocycles. The standard InChI is InChI=1S/C11H20N2O/c1-8(2)11(14)12-10-5-9-3-4-13(6-9)7-10/h8-10H,3-7H2,1-2H3,(H,12,14)/t9?,10-/m1/s1. The van der Waals surface area contributed by atoms with Crippen LogP contribution in [0.25, 0.3) is 0 Å². The van der Waals surface area contributed by atoms with Gasteiger partial charge in [-0.3, -0.25) is 4.79 Å². The molecule has 0 saturated carbocycles. The zero-order valence-corrected chi connectivity index (χ0v) is 9.12. The summed E-state index contributed by atoms with van der Waals surface area (Å²) in [6, 6.07) is 0.408. The Morgan fingerprint density at radius 3 is 2.86 bits per heavy atom. The predicted molar refractivity (Wildman–Crippen MR) is 55.9 cm³/mol. The SMILES string of the molecule is CC(C)C(=O)N[C@@H]1CC2CCN(C2)C1. The molecule has 1 N–H and O–H groups in total. The van der Waals surface area contributed by atoms with Gasteiger partial charge in [-0.15, -0.1) is 0 Å². The highest BCUT2D eigenvalue weighted by atomic mass is 16.1. The molecular formula is C11H20N2O. The van der Waals surface area contributed by atoms with Crippen LogP contribution < -0.4 is 5.32 Å². The normalized spacial score (nSPS) is 36.1. The minimum atomic E-state index is 0.115. The fourth-order valence-electron chi connectivity index (χ4n) is 2.53. The maximum absolute atomic E-state index is 11.5. The van der Waals surface area contributed by atoms with Crippen molar-refractivity contribution in [3.05, 3.63) is 0 Å². The molecule has 1 amide bonds. The Balaban J connectivity index is 1.85. The maximum Gasteiger partial charge on any atom is 0.222 e. The van der Waals surface area contributed by atoms with Crippen LogP contribution >= 0.6 is 0 Å². The van der Waals surface area contributed by atoms with Gasteiger partial charge in [-0.25, -0.2) is 0 Å². The van der Waals surface area contributed by atoms with E-state index < -0.39 is 0 Å². The average Bonchev–Trinajstić information content (AvgIpc) is 2.45. The molecule has 2 aliphatic heterocycles. The van der Waals surface area contributed by atoms with E-state index in [9.17, 15) is 4.79 Å². The number of hydrogen-bond acceptors (Lipinski definition) is 2. The minimum Gasteiger partial charge on any atom is -0.352 e. The number of carbonyl (C=O) groups is 1. The fourth-order valence-corrected chi connectivity index (χ4v) is 2.53. The largest absolute Gasteiger partial charge is 0.352 e. The van der Waals surface area contributed by atoms with Crippen LogP contribution in [0.5, 0.6) is 0 Å². The first kappa shape index (κ1) is 9.97. The van der Waals surface area contributed by atoms with Crippen LogP contribution in [0.4, 0.5) is 0 Å². The molecule has 0 aromatic heterocycles. The van der Waals surface area contributed by atoms with Crippen LogP contribution in [0.15, 0.2) is 0 Å². The van der Waals surface area contributed by atoms with Gasteiger partial charge in [-0.2, -0.15) is 0 Å². The third kappa shape index (κ3) is 2.08. The lowest BCUT2D eigenvalue weighted by Crippen LogP contribution is -2.48. The Bertz CT molecular complexity index is 215. The second-order valence-corrected chi connectivity index (χ2v) is 5.01. The highest BCUT2D eigenvalue weighted by Gasteiger charge is 2.32. The lowest BCUT2D eigenvalue weighted by atomic mass is 9.96. The number of hydrogen-bond donors (Lipinski definition) is 1. The number of fused-ring (bicyclic) bond motifs is 2. The van der Waals surface area contributed by atoms with E-state index in [1.54, 1.807) is 0 Å². The minimum absolute atomic E-state index is 0.115. The van der Waals surface area contributed by atoms with Crippen LogP contribution in [-0.2, 0) is 4.79 Å². The highest BCUT2D eigenvalue weighted by Crippen LogP contribution is 2.26. The fraction of sp³-hybridized carbons (Fsp3) is 0.909. The smallest absolute Gasteiger partial charge is 0.222 e. The number of rotatable bonds is 2. The first-order chi connectivity index (χ1) is 6.65.